The molecule has 0 atom stereocenters. The number of para-hydroxylation sites is 4. The van der Waals surface area contributed by atoms with Gasteiger partial charge in [-0.2, -0.15) is 0 Å². The Bertz CT molecular complexity index is 1400. The van der Waals surface area contributed by atoms with Crippen molar-refractivity contribution < 1.29 is 0 Å². The van der Waals surface area contributed by atoms with Gasteiger partial charge in [0.2, 0.25) is 0 Å². The summed E-state index contributed by atoms with van der Waals surface area (Å²) in [5.41, 5.74) is 10.00. The zero-order valence-corrected chi connectivity index (χ0v) is 23.8. The highest BCUT2D eigenvalue weighted by Crippen LogP contribution is 2.29. The molecule has 0 spiro atoms. The first-order valence-electron chi connectivity index (χ1n) is 12.2. The van der Waals surface area contributed by atoms with Gasteiger partial charge in [-0.25, -0.2) is 0 Å². The lowest BCUT2D eigenvalue weighted by Gasteiger charge is -2.11. The van der Waals surface area contributed by atoms with Crippen LogP contribution in [0.4, 0.5) is 22.7 Å². The maximum atomic E-state index is 4.88. The van der Waals surface area contributed by atoms with Gasteiger partial charge in [-0.1, -0.05) is 105 Å². The molecule has 0 fully saturated rings. The minimum atomic E-state index is 0.819. The van der Waals surface area contributed by atoms with Gasteiger partial charge in [0.1, 0.15) is 0 Å². The van der Waals surface area contributed by atoms with Crippen molar-refractivity contribution in [3.8, 4) is 0 Å². The third-order valence-corrected chi connectivity index (χ3v) is 7.44. The van der Waals surface area contributed by atoms with E-state index in [4.69, 9.17) is 9.98 Å². The Morgan fingerprint density at radius 1 is 0.500 bits per heavy atom. The number of alkyl halides is 2. The minimum absolute atomic E-state index is 0.819. The number of allylic oxidation sites excluding steroid dienone is 2. The van der Waals surface area contributed by atoms with Crippen LogP contribution in [0.15, 0.2) is 119 Å². The number of rotatable bonds is 4. The van der Waals surface area contributed by atoms with Crippen LogP contribution in [0.1, 0.15) is 22.3 Å². The Kier molecular flexibility index (Phi) is 8.64. The molecule has 0 aromatic heterocycles. The van der Waals surface area contributed by atoms with E-state index in [-0.39, 0.29) is 0 Å². The largest absolute Gasteiger partial charge is 0.359 e. The topological polar surface area (TPSA) is 48.8 Å². The Balaban J connectivity index is 1.60. The summed E-state index contributed by atoms with van der Waals surface area (Å²) >= 11 is 7.06. The smallest absolute Gasteiger partial charge is 0.0864 e. The molecule has 4 aromatic carbocycles. The summed E-state index contributed by atoms with van der Waals surface area (Å²) in [7, 11) is 0. The fraction of sp³-hybridized carbons (Fsp3) is 0.0625. The van der Waals surface area contributed by atoms with Crippen LogP contribution in [0.5, 0.6) is 0 Å². The van der Waals surface area contributed by atoms with E-state index in [0.717, 1.165) is 55.7 Å². The number of aliphatic imine (C=N–C) groups is 2. The van der Waals surface area contributed by atoms with Crippen LogP contribution >= 0.6 is 31.9 Å². The summed E-state index contributed by atoms with van der Waals surface area (Å²) in [6, 6.07) is 33.0. The average Bonchev–Trinajstić information content (AvgIpc) is 2.98. The number of nitrogens with one attached hydrogen (secondary N) is 2. The van der Waals surface area contributed by atoms with Crippen LogP contribution in [0.2, 0.25) is 0 Å². The average molecular weight is 626 g/mol. The van der Waals surface area contributed by atoms with Gasteiger partial charge in [-0.3, -0.25) is 9.98 Å². The fourth-order valence-electron chi connectivity index (χ4n) is 3.97. The van der Waals surface area contributed by atoms with Crippen LogP contribution in [0.3, 0.4) is 0 Å². The summed E-state index contributed by atoms with van der Waals surface area (Å²) in [5.74, 6) is 0. The second-order valence-electron chi connectivity index (χ2n) is 8.70. The van der Waals surface area contributed by atoms with E-state index in [0.29, 0.717) is 0 Å². The first-order valence-corrected chi connectivity index (χ1v) is 14.5. The molecule has 188 valence electrons. The minimum Gasteiger partial charge on any atom is -0.359 e. The second-order valence-corrected chi connectivity index (χ2v) is 9.82. The van der Waals surface area contributed by atoms with Gasteiger partial charge in [-0.15, -0.1) is 0 Å². The second kappa shape index (κ2) is 12.7. The molecule has 1 aliphatic rings. The lowest BCUT2D eigenvalue weighted by molar-refractivity contribution is 1.42. The normalized spacial score (nSPS) is 15.9. The fourth-order valence-corrected chi connectivity index (χ4v) is 4.72. The van der Waals surface area contributed by atoms with Crippen molar-refractivity contribution in [1.82, 2.24) is 0 Å². The quantitative estimate of drug-likeness (QED) is 0.222. The SMILES string of the molecule is BrCc1ccc(/C2=C/Nc3ccccc3N=C/C(c3ccc(CBr)cc3)=C\Nc3ccccc3N=C2)cc1. The molecule has 1 heterocycles. The van der Waals surface area contributed by atoms with Crippen LogP contribution < -0.4 is 10.6 Å². The summed E-state index contributed by atoms with van der Waals surface area (Å²) in [6.45, 7) is 0. The van der Waals surface area contributed by atoms with Crippen molar-refractivity contribution in [3.05, 3.63) is 132 Å². The molecule has 0 bridgehead atoms. The number of fused-ring (bicyclic) bond motifs is 2. The first kappa shape index (κ1) is 25.9. The Labute approximate surface area is 240 Å². The van der Waals surface area contributed by atoms with Crippen molar-refractivity contribution >= 4 is 78.2 Å². The maximum Gasteiger partial charge on any atom is 0.0864 e. The van der Waals surface area contributed by atoms with Crippen molar-refractivity contribution in [1.29, 1.82) is 0 Å². The van der Waals surface area contributed by atoms with Crippen molar-refractivity contribution in [2.75, 3.05) is 10.6 Å². The molecular weight excluding hydrogens is 600 g/mol. The first-order chi connectivity index (χ1) is 18.7. The highest BCUT2D eigenvalue weighted by molar-refractivity contribution is 9.08. The molecule has 0 radical (unpaired) electrons. The van der Waals surface area contributed by atoms with E-state index in [1.54, 1.807) is 0 Å². The summed E-state index contributed by atoms with van der Waals surface area (Å²) in [6.07, 6.45) is 7.77. The van der Waals surface area contributed by atoms with Crippen LogP contribution in [0.25, 0.3) is 11.1 Å². The number of hydrogen-bond acceptors (Lipinski definition) is 4. The van der Waals surface area contributed by atoms with Gasteiger partial charge >= 0.3 is 0 Å². The molecule has 4 nitrogen and oxygen atoms in total. The summed E-state index contributed by atoms with van der Waals surface area (Å²) < 4.78 is 0. The molecule has 0 saturated heterocycles. The predicted octanol–water partition coefficient (Wildman–Crippen LogP) is 9.50. The molecule has 0 saturated carbocycles. The highest BCUT2D eigenvalue weighted by Gasteiger charge is 2.07. The van der Waals surface area contributed by atoms with Gasteiger partial charge in [0.05, 0.1) is 22.7 Å². The number of benzene rings is 4. The van der Waals surface area contributed by atoms with E-state index in [9.17, 15) is 0 Å². The van der Waals surface area contributed by atoms with E-state index in [1.807, 2.05) is 73.4 Å². The predicted molar refractivity (Wildman–Crippen MR) is 171 cm³/mol. The zero-order valence-electron chi connectivity index (χ0n) is 20.6. The Morgan fingerprint density at radius 3 is 1.29 bits per heavy atom. The molecule has 6 heteroatoms. The molecular formula is C32H26Br2N4. The third kappa shape index (κ3) is 6.39. The number of nitrogens with zero attached hydrogens (tertiary/aromatic N) is 2. The zero-order chi connectivity index (χ0) is 26.2. The van der Waals surface area contributed by atoms with Crippen molar-refractivity contribution in [2.24, 2.45) is 9.98 Å². The monoisotopic (exact) mass is 624 g/mol. The highest BCUT2D eigenvalue weighted by atomic mass is 79.9. The summed E-state index contributed by atoms with van der Waals surface area (Å²) in [5, 5.41) is 8.58. The van der Waals surface area contributed by atoms with E-state index in [1.165, 1.54) is 11.1 Å². The van der Waals surface area contributed by atoms with Gasteiger partial charge in [0.25, 0.3) is 0 Å². The number of hydrogen-bond donors (Lipinski definition) is 2. The molecule has 0 aliphatic carbocycles. The van der Waals surface area contributed by atoms with Gasteiger partial charge in [0.15, 0.2) is 0 Å². The standard InChI is InChI=1S/C32H26Br2N4/c33-17-23-9-13-25(14-10-23)27-19-35-29-5-1-2-6-30(29)36-20-28(26-15-11-24(18-34)12-16-26)22-38-32-8-4-3-7-31(32)37-21-27/h1-16,19-22,35,38H,17-18H2/b27-19+,28-22+,36-20?,37-21?. The summed E-state index contributed by atoms with van der Waals surface area (Å²) in [4.78, 5) is 9.76. The lowest BCUT2D eigenvalue weighted by Crippen LogP contribution is -1.97. The van der Waals surface area contributed by atoms with Gasteiger partial charge < -0.3 is 10.6 Å². The molecule has 0 unspecified atom stereocenters. The molecule has 38 heavy (non-hydrogen) atoms. The maximum absolute atomic E-state index is 4.88. The van der Waals surface area contributed by atoms with E-state index < -0.39 is 0 Å². The van der Waals surface area contributed by atoms with Crippen LogP contribution in [0, 0.1) is 0 Å². The molecule has 4 aromatic rings. The van der Waals surface area contributed by atoms with E-state index >= 15 is 0 Å². The lowest BCUT2D eigenvalue weighted by atomic mass is 10.1. The molecule has 1 aliphatic heterocycles. The number of halogens is 2. The number of anilines is 2. The van der Waals surface area contributed by atoms with E-state index in [2.05, 4.69) is 91.0 Å². The van der Waals surface area contributed by atoms with Crippen molar-refractivity contribution in [2.45, 2.75) is 10.7 Å². The third-order valence-electron chi connectivity index (χ3n) is 6.14. The van der Waals surface area contributed by atoms with Gasteiger partial charge in [-0.05, 0) is 46.5 Å². The molecule has 0 amide bonds. The molecule has 5 rings (SSSR count). The van der Waals surface area contributed by atoms with Crippen LogP contribution in [-0.4, -0.2) is 12.4 Å². The molecule has 2 N–H and O–H groups in total. The van der Waals surface area contributed by atoms with Crippen molar-refractivity contribution in [3.63, 3.8) is 0 Å². The van der Waals surface area contributed by atoms with Crippen LogP contribution in [-0.2, 0) is 10.7 Å². The Hall–Kier alpha value is -3.74. The Morgan fingerprint density at radius 2 is 0.895 bits per heavy atom. The van der Waals surface area contributed by atoms with Gasteiger partial charge in [0, 0.05) is 46.6 Å².